The van der Waals surface area contributed by atoms with Crippen LogP contribution in [0.3, 0.4) is 0 Å². The van der Waals surface area contributed by atoms with Gasteiger partial charge in [-0.25, -0.2) is 9.98 Å². The average Bonchev–Trinajstić information content (AvgIpc) is 3.97. The quantitative estimate of drug-likeness (QED) is 0.165. The third kappa shape index (κ3) is 5.91. The van der Waals surface area contributed by atoms with Crippen LogP contribution in [0.15, 0.2) is 241 Å². The number of para-hydroxylation sites is 1. The molecule has 10 aromatic carbocycles. The van der Waals surface area contributed by atoms with Gasteiger partial charge >= 0.3 is 0 Å². The fourth-order valence-electron chi connectivity index (χ4n) is 10.7. The normalized spacial score (nSPS) is 13.6. The third-order valence-electron chi connectivity index (χ3n) is 14.0. The van der Waals surface area contributed by atoms with Gasteiger partial charge in [0, 0.05) is 47.6 Å². The van der Waals surface area contributed by atoms with Crippen molar-refractivity contribution in [3.05, 3.63) is 259 Å². The molecule has 0 unspecified atom stereocenters. The highest BCUT2D eigenvalue weighted by Gasteiger charge is 2.26. The van der Waals surface area contributed by atoms with Crippen molar-refractivity contribution in [2.45, 2.75) is 0 Å². The van der Waals surface area contributed by atoms with Crippen LogP contribution in [0, 0.1) is 0 Å². The standard InChI is InChI=1S/C64H39N3S/c1-38-32-56(65-64(43-26-24-41(25-27-43)40-14-4-3-5-15-40)66-63(38)46-28-30-48-39(2)47-19-10-11-21-50(47)52(48)34-46)54-36-55-61(68-60-31-29-42-16-8-9-20-49(42)62(55)60)37-59(54)67-57-23-13-12-22-51(57)53-33-44-17-6-7-18-45(44)35-58(53)67/h3-37H,1-2H2. The minimum absolute atomic E-state index is 0.620. The van der Waals surface area contributed by atoms with E-state index in [1.807, 2.05) is 11.3 Å². The van der Waals surface area contributed by atoms with E-state index in [1.165, 1.54) is 63.6 Å². The van der Waals surface area contributed by atoms with Crippen molar-refractivity contribution in [3.63, 3.8) is 0 Å². The smallest absolute Gasteiger partial charge is 0.160 e. The molecule has 0 saturated carbocycles. The first-order valence-corrected chi connectivity index (χ1v) is 23.8. The minimum atomic E-state index is 0.620. The monoisotopic (exact) mass is 881 g/mol. The van der Waals surface area contributed by atoms with E-state index < -0.39 is 0 Å². The van der Waals surface area contributed by atoms with Crippen LogP contribution in [0.1, 0.15) is 27.8 Å². The van der Waals surface area contributed by atoms with Crippen molar-refractivity contribution >= 4 is 97.7 Å². The second-order valence-corrected chi connectivity index (χ2v) is 19.0. The van der Waals surface area contributed by atoms with Crippen LogP contribution in [0.5, 0.6) is 0 Å². The summed E-state index contributed by atoms with van der Waals surface area (Å²) in [4.78, 5) is 11.2. The number of amidine groups is 1. The van der Waals surface area contributed by atoms with E-state index in [0.29, 0.717) is 5.84 Å². The van der Waals surface area contributed by atoms with Crippen LogP contribution >= 0.6 is 11.3 Å². The summed E-state index contributed by atoms with van der Waals surface area (Å²) in [5.74, 6) is 0.620. The Morgan fingerprint density at radius 1 is 0.397 bits per heavy atom. The van der Waals surface area contributed by atoms with E-state index in [-0.39, 0.29) is 0 Å². The number of aromatic nitrogens is 1. The van der Waals surface area contributed by atoms with Crippen molar-refractivity contribution in [1.82, 2.24) is 4.57 Å². The Morgan fingerprint density at radius 2 is 1.06 bits per heavy atom. The highest BCUT2D eigenvalue weighted by molar-refractivity contribution is 7.26. The molecule has 0 radical (unpaired) electrons. The largest absolute Gasteiger partial charge is 0.308 e. The van der Waals surface area contributed by atoms with Crippen molar-refractivity contribution in [2.24, 2.45) is 9.98 Å². The van der Waals surface area contributed by atoms with E-state index in [2.05, 4.69) is 223 Å². The van der Waals surface area contributed by atoms with E-state index >= 15 is 0 Å². The molecule has 3 heterocycles. The van der Waals surface area contributed by atoms with Crippen LogP contribution in [-0.4, -0.2) is 16.1 Å². The van der Waals surface area contributed by atoms with Gasteiger partial charge in [-0.15, -0.1) is 11.3 Å². The zero-order valence-corrected chi connectivity index (χ0v) is 37.7. The molecule has 0 fully saturated rings. The summed E-state index contributed by atoms with van der Waals surface area (Å²) in [6, 6.07) is 74.5. The molecule has 0 spiro atoms. The van der Waals surface area contributed by atoms with Gasteiger partial charge in [0.15, 0.2) is 5.84 Å². The SMILES string of the molecule is C=C1C=C(c2cc3c(cc2-n2c4ccccc4c4cc5ccccc5cc42)sc2ccc4ccccc4c23)N=C(c2ccc(-c3ccccc3)cc2)N=C1c1ccc2c(c1)-c1ccccc1C2=C. The van der Waals surface area contributed by atoms with Gasteiger partial charge in [-0.2, -0.15) is 0 Å². The molecule has 12 aromatic rings. The Hall–Kier alpha value is -8.70. The third-order valence-corrected chi connectivity index (χ3v) is 15.1. The number of benzene rings is 10. The maximum absolute atomic E-state index is 5.68. The molecule has 1 aliphatic carbocycles. The van der Waals surface area contributed by atoms with Gasteiger partial charge in [0.25, 0.3) is 0 Å². The molecule has 0 atom stereocenters. The maximum Gasteiger partial charge on any atom is 0.160 e. The molecular formula is C64H39N3S. The lowest BCUT2D eigenvalue weighted by Crippen LogP contribution is -2.07. The fourth-order valence-corrected chi connectivity index (χ4v) is 11.9. The van der Waals surface area contributed by atoms with Gasteiger partial charge in [-0.3, -0.25) is 0 Å². The molecule has 2 aromatic heterocycles. The first-order valence-electron chi connectivity index (χ1n) is 23.0. The van der Waals surface area contributed by atoms with Gasteiger partial charge in [-0.05, 0) is 115 Å². The van der Waals surface area contributed by atoms with E-state index in [1.54, 1.807) is 0 Å². The Labute approximate surface area is 396 Å². The first kappa shape index (κ1) is 38.6. The molecule has 0 bridgehead atoms. The van der Waals surface area contributed by atoms with E-state index in [0.717, 1.165) is 78.2 Å². The zero-order valence-electron chi connectivity index (χ0n) is 36.9. The summed E-state index contributed by atoms with van der Waals surface area (Å²) in [7, 11) is 0. The molecule has 316 valence electrons. The molecular weight excluding hydrogens is 843 g/mol. The number of allylic oxidation sites excluding steroid dienone is 2. The predicted molar refractivity (Wildman–Crippen MR) is 291 cm³/mol. The van der Waals surface area contributed by atoms with Crippen LogP contribution < -0.4 is 0 Å². The minimum Gasteiger partial charge on any atom is -0.308 e. The second kappa shape index (κ2) is 14.9. The van der Waals surface area contributed by atoms with Gasteiger partial charge in [0.2, 0.25) is 0 Å². The van der Waals surface area contributed by atoms with Crippen LogP contribution in [-0.2, 0) is 0 Å². The Kier molecular flexibility index (Phi) is 8.46. The number of aliphatic imine (C=N–C) groups is 2. The molecule has 14 rings (SSSR count). The molecule has 68 heavy (non-hydrogen) atoms. The topological polar surface area (TPSA) is 29.6 Å². The van der Waals surface area contributed by atoms with Gasteiger partial charge in [0.05, 0.1) is 28.1 Å². The lowest BCUT2D eigenvalue weighted by Gasteiger charge is -2.16. The van der Waals surface area contributed by atoms with Gasteiger partial charge in [-0.1, -0.05) is 177 Å². The van der Waals surface area contributed by atoms with E-state index in [4.69, 9.17) is 16.6 Å². The number of rotatable bonds is 5. The summed E-state index contributed by atoms with van der Waals surface area (Å²) in [6.07, 6.45) is 2.16. The number of nitrogens with zero attached hydrogens (tertiary/aromatic N) is 3. The average molecular weight is 882 g/mol. The van der Waals surface area contributed by atoms with E-state index in [9.17, 15) is 0 Å². The Balaban J connectivity index is 1.05. The number of thiophene rings is 1. The molecule has 4 heteroatoms. The molecule has 1 aliphatic heterocycles. The van der Waals surface area contributed by atoms with Crippen LogP contribution in [0.25, 0.3) is 103 Å². The number of hydrogen-bond acceptors (Lipinski definition) is 3. The summed E-state index contributed by atoms with van der Waals surface area (Å²) in [5, 5.41) is 9.75. The predicted octanol–water partition coefficient (Wildman–Crippen LogP) is 17.0. The van der Waals surface area contributed by atoms with Crippen molar-refractivity contribution in [2.75, 3.05) is 0 Å². The second-order valence-electron chi connectivity index (χ2n) is 17.9. The molecule has 0 N–H and O–H groups in total. The van der Waals surface area contributed by atoms with Crippen LogP contribution in [0.4, 0.5) is 0 Å². The van der Waals surface area contributed by atoms with Crippen LogP contribution in [0.2, 0.25) is 0 Å². The molecule has 0 saturated heterocycles. The molecule has 2 aliphatic rings. The van der Waals surface area contributed by atoms with Crippen molar-refractivity contribution < 1.29 is 0 Å². The molecule has 0 amide bonds. The lowest BCUT2D eigenvalue weighted by molar-refractivity contribution is 1.17. The first-order chi connectivity index (χ1) is 33.5. The Morgan fingerprint density at radius 3 is 1.90 bits per heavy atom. The van der Waals surface area contributed by atoms with Crippen molar-refractivity contribution in [1.29, 1.82) is 0 Å². The number of fused-ring (bicyclic) bond motifs is 12. The number of hydrogen-bond donors (Lipinski definition) is 0. The summed E-state index contributed by atoms with van der Waals surface area (Å²) in [6.45, 7) is 9.30. The highest BCUT2D eigenvalue weighted by atomic mass is 32.1. The summed E-state index contributed by atoms with van der Waals surface area (Å²) in [5.41, 5.74) is 16.5. The Bertz CT molecular complexity index is 4270. The zero-order chi connectivity index (χ0) is 45.0. The maximum atomic E-state index is 5.68. The summed E-state index contributed by atoms with van der Waals surface area (Å²) < 4.78 is 4.93. The molecule has 3 nitrogen and oxygen atoms in total. The highest BCUT2D eigenvalue weighted by Crippen LogP contribution is 2.46. The lowest BCUT2D eigenvalue weighted by atomic mass is 9.95. The van der Waals surface area contributed by atoms with Crippen molar-refractivity contribution in [3.8, 4) is 27.9 Å². The summed E-state index contributed by atoms with van der Waals surface area (Å²) >= 11 is 1.85. The fraction of sp³-hybridized carbons (Fsp3) is 0. The van der Waals surface area contributed by atoms with Gasteiger partial charge < -0.3 is 4.57 Å². The van der Waals surface area contributed by atoms with Gasteiger partial charge in [0.1, 0.15) is 0 Å².